The van der Waals surface area contributed by atoms with Crippen LogP contribution < -0.4 is 10.6 Å². The molecule has 0 bridgehead atoms. The molecule has 0 aromatic heterocycles. The van der Waals surface area contributed by atoms with Crippen molar-refractivity contribution in [1.82, 2.24) is 15.1 Å². The molecule has 2 aliphatic heterocycles. The highest BCUT2D eigenvalue weighted by molar-refractivity contribution is 6.06. The number of benzene rings is 2. The van der Waals surface area contributed by atoms with Crippen molar-refractivity contribution in [3.8, 4) is 0 Å². The molecule has 2 aromatic rings. The summed E-state index contributed by atoms with van der Waals surface area (Å²) in [6.45, 7) is 3.68. The molecule has 5 amide bonds. The fraction of sp³-hybridized carbons (Fsp3) is 0.500. The molecule has 2 atom stereocenters. The van der Waals surface area contributed by atoms with Crippen LogP contribution in [0.1, 0.15) is 75.1 Å². The number of alkyl carbamates (subject to hydrolysis) is 1. The Labute approximate surface area is 279 Å². The summed E-state index contributed by atoms with van der Waals surface area (Å²) in [4.78, 5) is 67.1. The molecule has 1 unspecified atom stereocenters. The number of anilines is 1. The number of nitrogens with one attached hydrogen (secondary N) is 2. The fourth-order valence-electron chi connectivity index (χ4n) is 6.97. The highest BCUT2D eigenvalue weighted by Gasteiger charge is 2.59. The quantitative estimate of drug-likeness (QED) is 0.411. The number of hydrogen-bond acceptors (Lipinski definition) is 7. The van der Waals surface area contributed by atoms with Crippen molar-refractivity contribution >= 4 is 35.6 Å². The minimum Gasteiger partial charge on any atom is -0.444 e. The molecule has 2 aliphatic carbocycles. The van der Waals surface area contributed by atoms with Gasteiger partial charge in [-0.05, 0) is 100 Å². The zero-order valence-corrected chi connectivity index (χ0v) is 27.2. The molecule has 11 nitrogen and oxygen atoms in total. The number of aryl methyl sites for hydroxylation is 2. The number of carbonyl (C=O) groups is 5. The van der Waals surface area contributed by atoms with Crippen LogP contribution in [0.2, 0.25) is 0 Å². The molecule has 4 aliphatic rings. The van der Waals surface area contributed by atoms with E-state index in [1.807, 2.05) is 0 Å². The topological polar surface area (TPSA) is 134 Å². The summed E-state index contributed by atoms with van der Waals surface area (Å²) in [5, 5.41) is 5.49. The van der Waals surface area contributed by atoms with Gasteiger partial charge >= 0.3 is 18.4 Å². The molecule has 262 valence electrons. The van der Waals surface area contributed by atoms with Crippen molar-refractivity contribution in [3.63, 3.8) is 0 Å². The zero-order valence-electron chi connectivity index (χ0n) is 27.2. The van der Waals surface area contributed by atoms with Crippen LogP contribution in [-0.4, -0.2) is 69.6 Å². The Balaban J connectivity index is 1.17. The molecule has 2 aromatic carbocycles. The van der Waals surface area contributed by atoms with Crippen molar-refractivity contribution in [2.75, 3.05) is 11.9 Å². The molecule has 1 spiro atoms. The molecule has 2 fully saturated rings. The van der Waals surface area contributed by atoms with Gasteiger partial charge in [0.15, 0.2) is 0 Å². The molecular weight excluding hydrogens is 652 g/mol. The molecule has 1 saturated carbocycles. The number of carbonyl (C=O) groups excluding carboxylic acids is 5. The summed E-state index contributed by atoms with van der Waals surface area (Å²) < 4.78 is 67.1. The summed E-state index contributed by atoms with van der Waals surface area (Å²) in [7, 11) is 0. The van der Waals surface area contributed by atoms with Crippen LogP contribution in [-0.2, 0) is 48.8 Å². The highest BCUT2D eigenvalue weighted by Crippen LogP contribution is 2.46. The van der Waals surface area contributed by atoms with E-state index in [1.54, 1.807) is 26.8 Å². The van der Waals surface area contributed by atoms with E-state index < -0.39 is 84.2 Å². The molecule has 6 rings (SSSR count). The average molecular weight is 689 g/mol. The van der Waals surface area contributed by atoms with Gasteiger partial charge in [0.25, 0.3) is 5.91 Å². The Morgan fingerprint density at radius 1 is 0.980 bits per heavy atom. The lowest BCUT2D eigenvalue weighted by Gasteiger charge is -2.40. The number of hydrogen-bond donors (Lipinski definition) is 2. The minimum atomic E-state index is -4.81. The van der Waals surface area contributed by atoms with Crippen LogP contribution >= 0.6 is 0 Å². The molecule has 0 radical (unpaired) electrons. The second-order valence-corrected chi connectivity index (χ2v) is 14.0. The van der Waals surface area contributed by atoms with E-state index in [2.05, 4.69) is 10.6 Å². The van der Waals surface area contributed by atoms with E-state index in [-0.39, 0.29) is 19.3 Å². The van der Waals surface area contributed by atoms with Gasteiger partial charge in [0.1, 0.15) is 29.5 Å². The number of fused-ring (bicyclic) bond motifs is 3. The SMILES string of the molecule is CC(C)(C)OC(=O)NC1(C(=O)Nc2ccc3c(c2)CCC32OC(=O)N(CC(=O)N3Cc4ccc(F)cc4CC[C@H]3C(F)(F)F)C2=O)CCC1. The number of ether oxygens (including phenoxy) is 2. The van der Waals surface area contributed by atoms with E-state index in [9.17, 15) is 41.5 Å². The Bertz CT molecular complexity index is 1740. The third-order valence-electron chi connectivity index (χ3n) is 9.56. The normalized spacial score (nSPS) is 22.9. The second kappa shape index (κ2) is 12.0. The van der Waals surface area contributed by atoms with Gasteiger partial charge in [-0.3, -0.25) is 14.4 Å². The number of rotatable bonds is 5. The Hall–Kier alpha value is -4.69. The first-order valence-electron chi connectivity index (χ1n) is 16.1. The van der Waals surface area contributed by atoms with Gasteiger partial charge in [-0.1, -0.05) is 12.1 Å². The third-order valence-corrected chi connectivity index (χ3v) is 9.56. The lowest BCUT2D eigenvalue weighted by molar-refractivity contribution is -0.192. The van der Waals surface area contributed by atoms with Crippen molar-refractivity contribution in [1.29, 1.82) is 0 Å². The first kappa shape index (κ1) is 34.2. The summed E-state index contributed by atoms with van der Waals surface area (Å²) in [6.07, 6.45) is -5.48. The van der Waals surface area contributed by atoms with Gasteiger partial charge in [-0.15, -0.1) is 0 Å². The van der Waals surface area contributed by atoms with Gasteiger partial charge in [-0.2, -0.15) is 13.2 Å². The first-order valence-corrected chi connectivity index (χ1v) is 16.1. The molecular formula is C34H36F4N4O7. The lowest BCUT2D eigenvalue weighted by Crippen LogP contribution is -2.61. The average Bonchev–Trinajstić information content (AvgIpc) is 3.35. The minimum absolute atomic E-state index is 0.0208. The smallest absolute Gasteiger partial charge is 0.418 e. The monoisotopic (exact) mass is 688 g/mol. The van der Waals surface area contributed by atoms with Gasteiger partial charge in [0.2, 0.25) is 17.4 Å². The molecule has 1 saturated heterocycles. The van der Waals surface area contributed by atoms with Crippen LogP contribution in [0.5, 0.6) is 0 Å². The number of amides is 5. The van der Waals surface area contributed by atoms with E-state index >= 15 is 0 Å². The number of imide groups is 1. The molecule has 2 N–H and O–H groups in total. The fourth-order valence-corrected chi connectivity index (χ4v) is 6.97. The van der Waals surface area contributed by atoms with Gasteiger partial charge in [-0.25, -0.2) is 18.9 Å². The Morgan fingerprint density at radius 2 is 1.71 bits per heavy atom. The maximum Gasteiger partial charge on any atom is 0.418 e. The largest absolute Gasteiger partial charge is 0.444 e. The van der Waals surface area contributed by atoms with Gasteiger partial charge in [0, 0.05) is 24.2 Å². The van der Waals surface area contributed by atoms with Crippen LogP contribution in [0.4, 0.5) is 32.8 Å². The van der Waals surface area contributed by atoms with Crippen LogP contribution in [0.25, 0.3) is 0 Å². The van der Waals surface area contributed by atoms with Crippen molar-refractivity contribution < 1.29 is 51.0 Å². The molecule has 2 heterocycles. The summed E-state index contributed by atoms with van der Waals surface area (Å²) >= 11 is 0. The van der Waals surface area contributed by atoms with Crippen LogP contribution in [0.15, 0.2) is 36.4 Å². The predicted octanol–water partition coefficient (Wildman–Crippen LogP) is 5.24. The van der Waals surface area contributed by atoms with E-state index in [0.29, 0.717) is 50.6 Å². The van der Waals surface area contributed by atoms with Crippen molar-refractivity contribution in [2.24, 2.45) is 0 Å². The van der Waals surface area contributed by atoms with Gasteiger partial charge in [0.05, 0.1) is 0 Å². The van der Waals surface area contributed by atoms with E-state index in [0.717, 1.165) is 18.6 Å². The zero-order chi connectivity index (χ0) is 35.5. The maximum absolute atomic E-state index is 14.1. The standard InChI is InChI=1S/C34H36F4N4O7/c1-31(2,3)48-29(46)40-32(12-4-13-32)27(44)39-23-8-9-24-20(16-23)11-14-33(24)28(45)42(30(47)49-33)18-26(43)41-17-21-5-7-22(35)15-19(21)6-10-25(41)34(36,37)38/h5,7-9,15-16,25H,4,6,10-14,17-18H2,1-3H3,(H,39,44)(H,40,46)/t25-,33?/m0/s1. The predicted molar refractivity (Wildman–Crippen MR) is 164 cm³/mol. The second-order valence-electron chi connectivity index (χ2n) is 14.0. The third kappa shape index (κ3) is 6.42. The van der Waals surface area contributed by atoms with E-state index in [4.69, 9.17) is 9.47 Å². The Morgan fingerprint density at radius 3 is 2.37 bits per heavy atom. The molecule has 15 heteroatoms. The first-order chi connectivity index (χ1) is 22.9. The number of nitrogens with zero attached hydrogens (tertiary/aromatic N) is 2. The number of halogens is 4. The van der Waals surface area contributed by atoms with Crippen molar-refractivity contribution in [3.05, 3.63) is 64.5 Å². The highest BCUT2D eigenvalue weighted by atomic mass is 19.4. The Kier molecular flexibility index (Phi) is 8.39. The van der Waals surface area contributed by atoms with Crippen LogP contribution in [0, 0.1) is 5.82 Å². The maximum atomic E-state index is 14.1. The van der Waals surface area contributed by atoms with Crippen LogP contribution in [0.3, 0.4) is 0 Å². The molecule has 49 heavy (non-hydrogen) atoms. The van der Waals surface area contributed by atoms with Crippen molar-refractivity contribution in [2.45, 2.75) is 101 Å². The van der Waals surface area contributed by atoms with Gasteiger partial charge < -0.3 is 25.0 Å². The number of alkyl halides is 3. The summed E-state index contributed by atoms with van der Waals surface area (Å²) in [5.74, 6) is -3.04. The summed E-state index contributed by atoms with van der Waals surface area (Å²) in [5.41, 5.74) is -1.70. The van der Waals surface area contributed by atoms with E-state index in [1.165, 1.54) is 18.2 Å². The summed E-state index contributed by atoms with van der Waals surface area (Å²) in [6, 6.07) is 6.02. The lowest BCUT2D eigenvalue weighted by atomic mass is 9.76.